The van der Waals surface area contributed by atoms with Crippen molar-refractivity contribution < 1.29 is 0 Å². The Balaban J connectivity index is 1.36. The number of nitrogens with zero attached hydrogens (tertiary/aromatic N) is 1. The smallest absolute Gasteiger partial charge is 0.00185 e. The predicted molar refractivity (Wildman–Crippen MR) is 122 cm³/mol. The molecule has 0 bridgehead atoms. The SMILES string of the molecule is c1ccc(CCCCCCC(CCCN2CCCCC2)c2ccccc2)cc1. The summed E-state index contributed by atoms with van der Waals surface area (Å²) in [4.78, 5) is 2.69. The van der Waals surface area contributed by atoms with Crippen molar-refractivity contribution >= 4 is 0 Å². The highest BCUT2D eigenvalue weighted by Gasteiger charge is 2.14. The van der Waals surface area contributed by atoms with Crippen LogP contribution < -0.4 is 0 Å². The number of unbranched alkanes of at least 4 members (excludes halogenated alkanes) is 3. The Labute approximate surface area is 173 Å². The van der Waals surface area contributed by atoms with Crippen LogP contribution in [0, 0.1) is 0 Å². The zero-order valence-corrected chi connectivity index (χ0v) is 17.7. The van der Waals surface area contributed by atoms with Crippen molar-refractivity contribution in [3.63, 3.8) is 0 Å². The van der Waals surface area contributed by atoms with E-state index < -0.39 is 0 Å². The van der Waals surface area contributed by atoms with Crippen LogP contribution in [-0.4, -0.2) is 24.5 Å². The molecule has 0 aliphatic carbocycles. The van der Waals surface area contributed by atoms with Gasteiger partial charge in [-0.1, -0.05) is 86.3 Å². The first-order valence-electron chi connectivity index (χ1n) is 11.7. The third-order valence-corrected chi connectivity index (χ3v) is 6.36. The Bertz CT molecular complexity index is 615. The molecule has 2 aromatic carbocycles. The first kappa shape index (κ1) is 21.1. The molecule has 152 valence electrons. The molecule has 0 spiro atoms. The molecule has 1 heteroatoms. The van der Waals surface area contributed by atoms with Crippen LogP contribution in [0.3, 0.4) is 0 Å². The molecule has 0 aromatic heterocycles. The van der Waals surface area contributed by atoms with Crippen LogP contribution in [0.5, 0.6) is 0 Å². The first-order valence-corrected chi connectivity index (χ1v) is 11.7. The molecule has 0 N–H and O–H groups in total. The van der Waals surface area contributed by atoms with E-state index in [4.69, 9.17) is 0 Å². The fourth-order valence-electron chi connectivity index (χ4n) is 4.67. The lowest BCUT2D eigenvalue weighted by Crippen LogP contribution is -2.30. The summed E-state index contributed by atoms with van der Waals surface area (Å²) >= 11 is 0. The van der Waals surface area contributed by atoms with Crippen LogP contribution in [0.1, 0.15) is 81.3 Å². The lowest BCUT2D eigenvalue weighted by molar-refractivity contribution is 0.222. The van der Waals surface area contributed by atoms with Crippen molar-refractivity contribution in [2.75, 3.05) is 19.6 Å². The molecule has 0 radical (unpaired) electrons. The quantitative estimate of drug-likeness (QED) is 0.353. The zero-order valence-electron chi connectivity index (χ0n) is 17.7. The monoisotopic (exact) mass is 377 g/mol. The minimum absolute atomic E-state index is 0.750. The zero-order chi connectivity index (χ0) is 19.3. The second-order valence-electron chi connectivity index (χ2n) is 8.59. The van der Waals surface area contributed by atoms with Gasteiger partial charge in [0.2, 0.25) is 0 Å². The third kappa shape index (κ3) is 7.80. The second kappa shape index (κ2) is 12.8. The molecule has 1 aliphatic heterocycles. The van der Waals surface area contributed by atoms with E-state index in [2.05, 4.69) is 65.6 Å². The summed E-state index contributed by atoms with van der Waals surface area (Å²) in [6, 6.07) is 22.2. The number of piperidine rings is 1. The van der Waals surface area contributed by atoms with Crippen LogP contribution >= 0.6 is 0 Å². The van der Waals surface area contributed by atoms with Gasteiger partial charge in [0.05, 0.1) is 0 Å². The van der Waals surface area contributed by atoms with Crippen molar-refractivity contribution in [1.82, 2.24) is 4.90 Å². The summed E-state index contributed by atoms with van der Waals surface area (Å²) in [6.07, 6.45) is 15.0. The number of hydrogen-bond donors (Lipinski definition) is 0. The Kier molecular flexibility index (Phi) is 9.64. The highest BCUT2D eigenvalue weighted by atomic mass is 15.1. The molecule has 1 fully saturated rings. The lowest BCUT2D eigenvalue weighted by atomic mass is 9.89. The highest BCUT2D eigenvalue weighted by molar-refractivity contribution is 5.19. The second-order valence-corrected chi connectivity index (χ2v) is 8.59. The van der Waals surface area contributed by atoms with E-state index in [1.54, 1.807) is 5.56 Å². The minimum Gasteiger partial charge on any atom is -0.303 e. The average molecular weight is 378 g/mol. The third-order valence-electron chi connectivity index (χ3n) is 6.36. The molecule has 3 rings (SSSR count). The largest absolute Gasteiger partial charge is 0.303 e. The molecular weight excluding hydrogens is 338 g/mol. The summed E-state index contributed by atoms with van der Waals surface area (Å²) in [7, 11) is 0. The van der Waals surface area contributed by atoms with Gasteiger partial charge in [-0.05, 0) is 81.6 Å². The lowest BCUT2D eigenvalue weighted by Gasteiger charge is -2.27. The Morgan fingerprint density at radius 2 is 1.29 bits per heavy atom. The summed E-state index contributed by atoms with van der Waals surface area (Å²) in [5.74, 6) is 0.750. The van der Waals surface area contributed by atoms with Gasteiger partial charge in [-0.25, -0.2) is 0 Å². The van der Waals surface area contributed by atoms with Crippen LogP contribution in [0.25, 0.3) is 0 Å². The van der Waals surface area contributed by atoms with E-state index in [9.17, 15) is 0 Å². The Hall–Kier alpha value is -1.60. The van der Waals surface area contributed by atoms with Crippen molar-refractivity contribution in [2.45, 2.75) is 76.5 Å². The van der Waals surface area contributed by atoms with Gasteiger partial charge in [-0.3, -0.25) is 0 Å². The summed E-state index contributed by atoms with van der Waals surface area (Å²) in [5, 5.41) is 0. The average Bonchev–Trinajstić information content (AvgIpc) is 2.77. The van der Waals surface area contributed by atoms with Gasteiger partial charge >= 0.3 is 0 Å². The van der Waals surface area contributed by atoms with Crippen molar-refractivity contribution in [1.29, 1.82) is 0 Å². The molecule has 1 unspecified atom stereocenters. The first-order chi connectivity index (χ1) is 13.9. The minimum atomic E-state index is 0.750. The number of likely N-dealkylation sites (tertiary alicyclic amines) is 1. The van der Waals surface area contributed by atoms with E-state index in [0.717, 1.165) is 5.92 Å². The fourth-order valence-corrected chi connectivity index (χ4v) is 4.67. The normalized spacial score (nSPS) is 16.1. The van der Waals surface area contributed by atoms with Crippen molar-refractivity contribution in [2.24, 2.45) is 0 Å². The van der Waals surface area contributed by atoms with Gasteiger partial charge in [0.1, 0.15) is 0 Å². The van der Waals surface area contributed by atoms with Gasteiger partial charge in [-0.2, -0.15) is 0 Å². The number of rotatable bonds is 12. The summed E-state index contributed by atoms with van der Waals surface area (Å²) in [6.45, 7) is 3.97. The molecule has 1 aliphatic rings. The molecule has 0 amide bonds. The number of benzene rings is 2. The molecule has 1 atom stereocenters. The van der Waals surface area contributed by atoms with Gasteiger partial charge in [0.25, 0.3) is 0 Å². The van der Waals surface area contributed by atoms with E-state index in [0.29, 0.717) is 0 Å². The molecule has 1 saturated heterocycles. The highest BCUT2D eigenvalue weighted by Crippen LogP contribution is 2.28. The van der Waals surface area contributed by atoms with Crippen LogP contribution in [0.15, 0.2) is 60.7 Å². The predicted octanol–water partition coefficient (Wildman–Crippen LogP) is 7.23. The van der Waals surface area contributed by atoms with Gasteiger partial charge in [0.15, 0.2) is 0 Å². The molecule has 1 heterocycles. The summed E-state index contributed by atoms with van der Waals surface area (Å²) in [5.41, 5.74) is 3.05. The topological polar surface area (TPSA) is 3.24 Å². The van der Waals surface area contributed by atoms with Gasteiger partial charge in [0, 0.05) is 0 Å². The van der Waals surface area contributed by atoms with Gasteiger partial charge < -0.3 is 4.90 Å². The molecule has 1 nitrogen and oxygen atoms in total. The van der Waals surface area contributed by atoms with Crippen molar-refractivity contribution in [3.05, 3.63) is 71.8 Å². The summed E-state index contributed by atoms with van der Waals surface area (Å²) < 4.78 is 0. The molecular formula is C27H39N. The van der Waals surface area contributed by atoms with Crippen LogP contribution in [0.2, 0.25) is 0 Å². The van der Waals surface area contributed by atoms with E-state index in [1.807, 2.05) is 0 Å². The maximum Gasteiger partial charge on any atom is -0.00185 e. The van der Waals surface area contributed by atoms with E-state index in [-0.39, 0.29) is 0 Å². The number of hydrogen-bond acceptors (Lipinski definition) is 1. The van der Waals surface area contributed by atoms with Crippen LogP contribution in [0.4, 0.5) is 0 Å². The Morgan fingerprint density at radius 3 is 2.04 bits per heavy atom. The van der Waals surface area contributed by atoms with Crippen molar-refractivity contribution in [3.8, 4) is 0 Å². The standard InChI is InChI=1S/C27H39N/c1(6-15-25-16-7-3-8-17-25)2-9-18-27(26-19-10-4-11-20-26)21-14-24-28-22-12-5-13-23-28/h3-4,7-8,10-11,16-17,19-20,27H,1-2,5-6,9,12-15,18,21-24H2. The molecule has 0 saturated carbocycles. The van der Waals surface area contributed by atoms with Gasteiger partial charge in [-0.15, -0.1) is 0 Å². The van der Waals surface area contributed by atoms with E-state index >= 15 is 0 Å². The molecule has 28 heavy (non-hydrogen) atoms. The Morgan fingerprint density at radius 1 is 0.643 bits per heavy atom. The maximum absolute atomic E-state index is 2.69. The van der Waals surface area contributed by atoms with E-state index in [1.165, 1.54) is 95.8 Å². The molecule has 2 aromatic rings. The maximum atomic E-state index is 2.69. The number of aryl methyl sites for hydroxylation is 1. The fraction of sp³-hybridized carbons (Fsp3) is 0.556. The van der Waals surface area contributed by atoms with Crippen LogP contribution in [-0.2, 0) is 6.42 Å².